The van der Waals surface area contributed by atoms with E-state index in [1.165, 1.54) is 6.20 Å². The first-order valence-corrected chi connectivity index (χ1v) is 8.30. The summed E-state index contributed by atoms with van der Waals surface area (Å²) < 4.78 is 4.59. The van der Waals surface area contributed by atoms with E-state index >= 15 is 0 Å². The molecule has 0 aliphatic heterocycles. The molecule has 0 aliphatic carbocycles. The molecule has 0 unspecified atom stereocenters. The molecule has 1 aromatic heterocycles. The number of ketones is 1. The van der Waals surface area contributed by atoms with Crippen LogP contribution in [0.25, 0.3) is 0 Å². The normalized spacial score (nSPS) is 11.1. The van der Waals surface area contributed by atoms with E-state index in [0.29, 0.717) is 5.56 Å². The Kier molecular flexibility index (Phi) is 6.72. The molecule has 0 saturated heterocycles. The lowest BCUT2D eigenvalue weighted by Crippen LogP contribution is -2.12. The zero-order valence-electron chi connectivity index (χ0n) is 9.45. The van der Waals surface area contributed by atoms with Crippen LogP contribution in [0.5, 0.6) is 0 Å². The first-order chi connectivity index (χ1) is 8.34. The van der Waals surface area contributed by atoms with Crippen LogP contribution in [0.15, 0.2) is 18.3 Å². The maximum Gasteiger partial charge on any atom is 0.313 e. The lowest BCUT2D eigenvalue weighted by atomic mass is 10.1. The predicted octanol–water partition coefficient (Wildman–Crippen LogP) is 3.63. The van der Waals surface area contributed by atoms with Crippen molar-refractivity contribution in [3.8, 4) is 0 Å². The maximum atomic E-state index is 11.7. The van der Waals surface area contributed by atoms with Gasteiger partial charge in [-0.2, -0.15) is 0 Å². The molecule has 7 heteroatoms. The molecule has 4 nitrogen and oxygen atoms in total. The Morgan fingerprint density at radius 2 is 2.00 bits per heavy atom. The fourth-order valence-electron chi connectivity index (χ4n) is 1.17. The van der Waals surface area contributed by atoms with Gasteiger partial charge >= 0.3 is 5.97 Å². The second kappa shape index (κ2) is 7.31. The Morgan fingerprint density at radius 1 is 1.33 bits per heavy atom. The minimum absolute atomic E-state index is 0.143. The van der Waals surface area contributed by atoms with E-state index in [-0.39, 0.29) is 18.2 Å². The number of alkyl halides is 3. The molecule has 0 radical (unpaired) electrons. The van der Waals surface area contributed by atoms with Gasteiger partial charge in [-0.15, -0.1) is 0 Å². The van der Waals surface area contributed by atoms with Gasteiger partial charge < -0.3 is 4.74 Å². The van der Waals surface area contributed by atoms with Crippen molar-refractivity contribution in [3.05, 3.63) is 29.6 Å². The van der Waals surface area contributed by atoms with Crippen LogP contribution in [-0.4, -0.2) is 23.3 Å². The molecule has 0 spiro atoms. The number of hydrogen-bond donors (Lipinski definition) is 0. The first kappa shape index (κ1) is 16.5. The quantitative estimate of drug-likeness (QED) is 0.174. The van der Waals surface area contributed by atoms with Crippen molar-refractivity contribution in [2.45, 2.75) is 12.8 Å². The molecule has 0 saturated carbocycles. The number of aromatic nitrogens is 1. The fourth-order valence-corrected chi connectivity index (χ4v) is 2.13. The van der Waals surface area contributed by atoms with Crippen molar-refractivity contribution in [2.75, 3.05) is 6.61 Å². The topological polar surface area (TPSA) is 56.3 Å². The molecule has 18 heavy (non-hydrogen) atoms. The molecule has 0 aliphatic rings. The average molecular weight is 585 g/mol. The van der Waals surface area contributed by atoms with E-state index in [1.54, 1.807) is 19.1 Å². The summed E-state index contributed by atoms with van der Waals surface area (Å²) in [5.74, 6) is -0.772. The summed E-state index contributed by atoms with van der Waals surface area (Å²) in [6.45, 7) is 1.99. The third-order valence-electron chi connectivity index (χ3n) is 1.99. The Bertz CT molecular complexity index is 440. The Balaban J connectivity index is 2.74. The minimum atomic E-state index is -0.502. The highest BCUT2D eigenvalue weighted by Gasteiger charge is 2.22. The van der Waals surface area contributed by atoms with Crippen molar-refractivity contribution < 1.29 is 14.3 Å². The van der Waals surface area contributed by atoms with Crippen LogP contribution in [0.3, 0.4) is 0 Å². The Hall–Kier alpha value is 0.480. The molecular weight excluding hydrogens is 575 g/mol. The van der Waals surface area contributed by atoms with Crippen LogP contribution >= 0.6 is 67.8 Å². The maximum absolute atomic E-state index is 11.7. The number of halogens is 3. The number of carbonyl (C=O) groups is 2. The van der Waals surface area contributed by atoms with Gasteiger partial charge in [0.05, 0.1) is 12.3 Å². The molecule has 1 aromatic rings. The lowest BCUT2D eigenvalue weighted by Gasteiger charge is -2.11. The zero-order chi connectivity index (χ0) is 13.8. The molecule has 0 bridgehead atoms. The van der Waals surface area contributed by atoms with E-state index in [2.05, 4.69) is 72.8 Å². The van der Waals surface area contributed by atoms with E-state index in [4.69, 9.17) is 4.74 Å². The summed E-state index contributed by atoms with van der Waals surface area (Å²) in [4.78, 5) is 27.2. The number of esters is 1. The van der Waals surface area contributed by atoms with Crippen molar-refractivity contribution in [1.82, 2.24) is 4.98 Å². The van der Waals surface area contributed by atoms with Gasteiger partial charge in [0, 0.05) is 11.8 Å². The van der Waals surface area contributed by atoms with E-state index < -0.39 is 5.97 Å². The summed E-state index contributed by atoms with van der Waals surface area (Å²) in [7, 11) is 0. The third kappa shape index (κ3) is 5.23. The molecule has 0 fully saturated rings. The molecule has 0 amide bonds. The fraction of sp³-hybridized carbons (Fsp3) is 0.364. The van der Waals surface area contributed by atoms with Crippen LogP contribution in [0.1, 0.15) is 29.4 Å². The van der Waals surface area contributed by atoms with E-state index in [9.17, 15) is 9.59 Å². The second-order valence-electron chi connectivity index (χ2n) is 3.33. The highest BCUT2D eigenvalue weighted by molar-refractivity contribution is 14.3. The van der Waals surface area contributed by atoms with Crippen LogP contribution in [0, 0.1) is 0 Å². The van der Waals surface area contributed by atoms with Gasteiger partial charge in [0.15, 0.2) is 5.22 Å². The SMILES string of the molecule is CCOC(=O)CC(=O)c1ccc(C(I)(I)I)nc1. The number of nitrogens with zero attached hydrogens (tertiary/aromatic N) is 1. The molecule has 0 aromatic carbocycles. The summed E-state index contributed by atoms with van der Waals surface area (Å²) >= 11 is 6.76. The standard InChI is InChI=1S/C11H10I3NO3/c1-2-18-10(17)5-8(16)7-3-4-9(15-6-7)11(12,13)14/h3-4,6H,2,5H2,1H3. The van der Waals surface area contributed by atoms with Gasteiger partial charge in [0.2, 0.25) is 0 Å². The highest BCUT2D eigenvalue weighted by Crippen LogP contribution is 2.44. The van der Waals surface area contributed by atoms with Gasteiger partial charge in [0.1, 0.15) is 6.42 Å². The van der Waals surface area contributed by atoms with Gasteiger partial charge in [-0.3, -0.25) is 14.6 Å². The van der Waals surface area contributed by atoms with Gasteiger partial charge in [-0.05, 0) is 86.8 Å². The van der Waals surface area contributed by atoms with Crippen LogP contribution < -0.4 is 0 Å². The van der Waals surface area contributed by atoms with Gasteiger partial charge in [0.25, 0.3) is 0 Å². The van der Waals surface area contributed by atoms with Crippen molar-refractivity contribution >= 4 is 79.5 Å². The lowest BCUT2D eigenvalue weighted by molar-refractivity contribution is -0.141. The number of pyridine rings is 1. The third-order valence-corrected chi connectivity index (χ3v) is 3.64. The summed E-state index contributed by atoms with van der Waals surface area (Å²) in [6, 6.07) is 3.48. The molecule has 0 atom stereocenters. The van der Waals surface area contributed by atoms with E-state index in [0.717, 1.165) is 5.69 Å². The molecule has 0 N–H and O–H groups in total. The molecular formula is C11H10I3NO3. The number of ether oxygens (including phenoxy) is 1. The van der Waals surface area contributed by atoms with E-state index in [1.807, 2.05) is 0 Å². The number of carbonyl (C=O) groups excluding carboxylic acids is 2. The van der Waals surface area contributed by atoms with Crippen LogP contribution in [-0.2, 0) is 8.97 Å². The first-order valence-electron chi connectivity index (χ1n) is 5.06. The smallest absolute Gasteiger partial charge is 0.313 e. The zero-order valence-corrected chi connectivity index (χ0v) is 15.9. The Morgan fingerprint density at radius 3 is 2.44 bits per heavy atom. The Labute approximate surface area is 146 Å². The summed E-state index contributed by atoms with van der Waals surface area (Å²) in [5, 5.41) is 0. The van der Waals surface area contributed by atoms with Gasteiger partial charge in [-0.1, -0.05) is 0 Å². The largest absolute Gasteiger partial charge is 0.466 e. The van der Waals surface area contributed by atoms with Crippen LogP contribution in [0.4, 0.5) is 0 Å². The highest BCUT2D eigenvalue weighted by atomic mass is 127. The average Bonchev–Trinajstić information content (AvgIpc) is 2.28. The number of Topliss-reactive ketones (excluding diaryl/α,β-unsaturated/α-hetero) is 1. The monoisotopic (exact) mass is 585 g/mol. The molecule has 1 heterocycles. The summed E-state index contributed by atoms with van der Waals surface area (Å²) in [5.41, 5.74) is 1.30. The van der Waals surface area contributed by atoms with Crippen molar-refractivity contribution in [2.24, 2.45) is 0 Å². The summed E-state index contributed by atoms with van der Waals surface area (Å²) in [6.07, 6.45) is 1.26. The molecule has 98 valence electrons. The number of hydrogen-bond acceptors (Lipinski definition) is 4. The minimum Gasteiger partial charge on any atom is -0.466 e. The van der Waals surface area contributed by atoms with Crippen molar-refractivity contribution in [1.29, 1.82) is 0 Å². The van der Waals surface area contributed by atoms with Crippen molar-refractivity contribution in [3.63, 3.8) is 0 Å². The second-order valence-corrected chi connectivity index (χ2v) is 14.4. The predicted molar refractivity (Wildman–Crippen MR) is 93.6 cm³/mol. The number of rotatable bonds is 5. The van der Waals surface area contributed by atoms with Crippen LogP contribution in [0.2, 0.25) is 0 Å². The van der Waals surface area contributed by atoms with Gasteiger partial charge in [-0.25, -0.2) is 0 Å². The molecule has 1 rings (SSSR count).